The van der Waals surface area contributed by atoms with Crippen LogP contribution in [0.5, 0.6) is 0 Å². The molecular formula is C25H23N5OS. The van der Waals surface area contributed by atoms with E-state index in [9.17, 15) is 4.79 Å². The second kappa shape index (κ2) is 9.62. The standard InChI is InChI=1S/C25H23N5OS/c1-17-4-8-21(9-5-17)30-25(32-22-10-6-18(2)7-11-22)23(19(3)29-30)16-27-28-24(31)20-12-14-26-15-13-20/h4-16H,1-3H3,(H,28,31)/b27-16-. The van der Waals surface area contributed by atoms with Gasteiger partial charge in [-0.25, -0.2) is 10.1 Å². The number of rotatable bonds is 6. The van der Waals surface area contributed by atoms with Crippen LogP contribution in [0.1, 0.15) is 32.7 Å². The van der Waals surface area contributed by atoms with E-state index in [1.807, 2.05) is 23.7 Å². The second-order valence-electron chi connectivity index (χ2n) is 7.40. The molecule has 2 heterocycles. The van der Waals surface area contributed by atoms with Crippen molar-refractivity contribution >= 4 is 23.9 Å². The van der Waals surface area contributed by atoms with E-state index in [1.165, 1.54) is 11.1 Å². The van der Waals surface area contributed by atoms with Crippen LogP contribution in [-0.4, -0.2) is 26.9 Å². The van der Waals surface area contributed by atoms with Gasteiger partial charge in [-0.15, -0.1) is 0 Å². The summed E-state index contributed by atoms with van der Waals surface area (Å²) in [5.41, 5.74) is 8.12. The van der Waals surface area contributed by atoms with Crippen LogP contribution in [0.2, 0.25) is 0 Å². The van der Waals surface area contributed by atoms with Crippen LogP contribution in [0.3, 0.4) is 0 Å². The van der Waals surface area contributed by atoms with Crippen molar-refractivity contribution in [2.45, 2.75) is 30.7 Å². The second-order valence-corrected chi connectivity index (χ2v) is 8.46. The molecule has 0 atom stereocenters. The van der Waals surface area contributed by atoms with Gasteiger partial charge in [-0.1, -0.05) is 47.2 Å². The third kappa shape index (κ3) is 4.95. The highest BCUT2D eigenvalue weighted by Crippen LogP contribution is 2.33. The minimum atomic E-state index is -0.292. The zero-order valence-corrected chi connectivity index (χ0v) is 18.9. The maximum Gasteiger partial charge on any atom is 0.271 e. The summed E-state index contributed by atoms with van der Waals surface area (Å²) in [6, 6.07) is 19.9. The Kier molecular flexibility index (Phi) is 6.47. The molecule has 6 nitrogen and oxygen atoms in total. The van der Waals surface area contributed by atoms with Crippen LogP contribution in [0.15, 0.2) is 88.1 Å². The summed E-state index contributed by atoms with van der Waals surface area (Å²) < 4.78 is 1.92. The first-order valence-corrected chi connectivity index (χ1v) is 11.0. The lowest BCUT2D eigenvalue weighted by molar-refractivity contribution is 0.0955. The van der Waals surface area contributed by atoms with Gasteiger partial charge >= 0.3 is 0 Å². The first-order chi connectivity index (χ1) is 15.5. The minimum Gasteiger partial charge on any atom is -0.267 e. The number of pyridine rings is 1. The topological polar surface area (TPSA) is 72.2 Å². The molecule has 32 heavy (non-hydrogen) atoms. The summed E-state index contributed by atoms with van der Waals surface area (Å²) in [7, 11) is 0. The molecule has 0 aliphatic carbocycles. The number of carbonyl (C=O) groups excluding carboxylic acids is 1. The molecule has 7 heteroatoms. The number of aromatic nitrogens is 3. The van der Waals surface area contributed by atoms with Crippen LogP contribution in [-0.2, 0) is 0 Å². The largest absolute Gasteiger partial charge is 0.271 e. The van der Waals surface area contributed by atoms with Crippen molar-refractivity contribution in [2.24, 2.45) is 5.10 Å². The summed E-state index contributed by atoms with van der Waals surface area (Å²) in [5, 5.41) is 9.90. The summed E-state index contributed by atoms with van der Waals surface area (Å²) in [6.45, 7) is 6.07. The van der Waals surface area contributed by atoms with Gasteiger partial charge in [0.05, 0.1) is 23.2 Å². The molecule has 0 bridgehead atoms. The van der Waals surface area contributed by atoms with E-state index < -0.39 is 0 Å². The fourth-order valence-corrected chi connectivity index (χ4v) is 4.11. The molecule has 0 saturated carbocycles. The minimum absolute atomic E-state index is 0.292. The molecule has 0 radical (unpaired) electrons. The summed E-state index contributed by atoms with van der Waals surface area (Å²) in [5.74, 6) is -0.292. The average molecular weight is 442 g/mol. The van der Waals surface area contributed by atoms with Gasteiger partial charge in [-0.3, -0.25) is 9.78 Å². The van der Waals surface area contributed by atoms with Crippen LogP contribution in [0.4, 0.5) is 0 Å². The van der Waals surface area contributed by atoms with Gasteiger partial charge in [0.1, 0.15) is 5.03 Å². The van der Waals surface area contributed by atoms with Crippen molar-refractivity contribution < 1.29 is 4.79 Å². The molecule has 2 aromatic carbocycles. The normalized spacial score (nSPS) is 11.1. The number of carbonyl (C=O) groups is 1. The Balaban J connectivity index is 1.68. The van der Waals surface area contributed by atoms with E-state index in [0.29, 0.717) is 5.56 Å². The van der Waals surface area contributed by atoms with Gasteiger partial charge in [-0.2, -0.15) is 10.2 Å². The van der Waals surface area contributed by atoms with Gasteiger partial charge in [0.25, 0.3) is 5.91 Å². The maximum atomic E-state index is 12.3. The lowest BCUT2D eigenvalue weighted by Crippen LogP contribution is -2.17. The lowest BCUT2D eigenvalue weighted by Gasteiger charge is -2.09. The van der Waals surface area contributed by atoms with Crippen LogP contribution < -0.4 is 5.43 Å². The Morgan fingerprint density at radius 1 is 0.938 bits per heavy atom. The molecule has 4 rings (SSSR count). The molecule has 2 aromatic heterocycles. The maximum absolute atomic E-state index is 12.3. The van der Waals surface area contributed by atoms with Crippen molar-refractivity contribution in [1.82, 2.24) is 20.2 Å². The average Bonchev–Trinajstić information content (AvgIpc) is 3.11. The Morgan fingerprint density at radius 3 is 2.22 bits per heavy atom. The zero-order chi connectivity index (χ0) is 22.5. The Labute approximate surface area is 191 Å². The fraction of sp³-hybridized carbons (Fsp3) is 0.120. The molecule has 0 aliphatic heterocycles. The van der Waals surface area contributed by atoms with Crippen molar-refractivity contribution in [2.75, 3.05) is 0 Å². The van der Waals surface area contributed by atoms with Gasteiger partial charge in [-0.05, 0) is 57.2 Å². The van der Waals surface area contributed by atoms with E-state index in [-0.39, 0.29) is 5.91 Å². The zero-order valence-electron chi connectivity index (χ0n) is 18.1. The van der Waals surface area contributed by atoms with E-state index >= 15 is 0 Å². The molecule has 4 aromatic rings. The smallest absolute Gasteiger partial charge is 0.267 e. The highest BCUT2D eigenvalue weighted by atomic mass is 32.2. The molecule has 1 amide bonds. The number of hydrogen-bond acceptors (Lipinski definition) is 5. The Bertz CT molecular complexity index is 1250. The SMILES string of the molecule is Cc1ccc(Sc2c(/C=N\NC(=O)c3ccncc3)c(C)nn2-c2ccc(C)cc2)cc1. The Morgan fingerprint density at radius 2 is 1.56 bits per heavy atom. The number of benzene rings is 2. The quantitative estimate of drug-likeness (QED) is 0.333. The molecule has 160 valence electrons. The molecule has 0 spiro atoms. The molecular weight excluding hydrogens is 418 g/mol. The van der Waals surface area contributed by atoms with Crippen LogP contribution in [0, 0.1) is 20.8 Å². The molecule has 0 fully saturated rings. The molecule has 0 unspecified atom stereocenters. The Hall–Kier alpha value is -3.71. The number of amides is 1. The lowest BCUT2D eigenvalue weighted by atomic mass is 10.2. The van der Waals surface area contributed by atoms with Crippen molar-refractivity contribution in [3.8, 4) is 5.69 Å². The van der Waals surface area contributed by atoms with Crippen molar-refractivity contribution in [3.05, 3.63) is 101 Å². The summed E-state index contributed by atoms with van der Waals surface area (Å²) in [6.07, 6.45) is 4.80. The number of nitrogens with one attached hydrogen (secondary N) is 1. The number of aryl methyl sites for hydroxylation is 3. The monoisotopic (exact) mass is 441 g/mol. The van der Waals surface area contributed by atoms with Crippen molar-refractivity contribution in [3.63, 3.8) is 0 Å². The summed E-state index contributed by atoms with van der Waals surface area (Å²) >= 11 is 1.61. The van der Waals surface area contributed by atoms with E-state index in [4.69, 9.17) is 5.10 Å². The van der Waals surface area contributed by atoms with Crippen LogP contribution >= 0.6 is 11.8 Å². The third-order valence-corrected chi connectivity index (χ3v) is 5.97. The van der Waals surface area contributed by atoms with E-state index in [1.54, 1.807) is 42.5 Å². The first kappa shape index (κ1) is 21.5. The first-order valence-electron chi connectivity index (χ1n) is 10.2. The highest BCUT2D eigenvalue weighted by Gasteiger charge is 2.17. The van der Waals surface area contributed by atoms with Gasteiger partial charge < -0.3 is 0 Å². The third-order valence-electron chi connectivity index (χ3n) is 4.88. The highest BCUT2D eigenvalue weighted by molar-refractivity contribution is 7.99. The van der Waals surface area contributed by atoms with Crippen molar-refractivity contribution in [1.29, 1.82) is 0 Å². The van der Waals surface area contributed by atoms with E-state index in [2.05, 4.69) is 65.8 Å². The predicted molar refractivity (Wildman–Crippen MR) is 128 cm³/mol. The fourth-order valence-electron chi connectivity index (χ4n) is 3.07. The van der Waals surface area contributed by atoms with Gasteiger partial charge in [0.2, 0.25) is 0 Å². The predicted octanol–water partition coefficient (Wildman–Crippen LogP) is 5.11. The molecule has 0 saturated heterocycles. The molecule has 0 aliphatic rings. The van der Waals surface area contributed by atoms with Crippen LogP contribution in [0.25, 0.3) is 5.69 Å². The van der Waals surface area contributed by atoms with E-state index in [0.717, 1.165) is 26.9 Å². The number of hydrazone groups is 1. The number of hydrogen-bond donors (Lipinski definition) is 1. The van der Waals surface area contributed by atoms with Gasteiger partial charge in [0.15, 0.2) is 0 Å². The molecule has 1 N–H and O–H groups in total. The van der Waals surface area contributed by atoms with Gasteiger partial charge in [0, 0.05) is 22.9 Å². The summed E-state index contributed by atoms with van der Waals surface area (Å²) in [4.78, 5) is 17.3. The number of nitrogens with zero attached hydrogens (tertiary/aromatic N) is 4.